The van der Waals surface area contributed by atoms with E-state index in [1.165, 1.54) is 0 Å². The average molecular weight is 338 g/mol. The van der Waals surface area contributed by atoms with Gasteiger partial charge < -0.3 is 0 Å². The fourth-order valence-corrected chi connectivity index (χ4v) is 2.89. The van der Waals surface area contributed by atoms with Crippen LogP contribution in [-0.4, -0.2) is 32.5 Å². The number of alkyl halides is 4. The Morgan fingerprint density at radius 2 is 1.80 bits per heavy atom. The molecule has 0 spiro atoms. The van der Waals surface area contributed by atoms with Crippen molar-refractivity contribution >= 4 is 21.6 Å². The Morgan fingerprint density at radius 3 is 2.25 bits per heavy atom. The Kier molecular flexibility index (Phi) is 4.99. The number of nitrogens with zero attached hydrogens (tertiary/aromatic N) is 1. The minimum atomic E-state index is -4.78. The molecule has 0 aromatic heterocycles. The molecule has 0 N–H and O–H groups in total. The average Bonchev–Trinajstić information content (AvgIpc) is 2.26. The lowest BCUT2D eigenvalue weighted by Gasteiger charge is -2.19. The van der Waals surface area contributed by atoms with Crippen LogP contribution < -0.4 is 0 Å². The minimum Gasteiger partial charge on any atom is -0.207 e. The fourth-order valence-electron chi connectivity index (χ4n) is 1.40. The third-order valence-corrected chi connectivity index (χ3v) is 4.46. The molecule has 0 radical (unpaired) electrons. The Bertz CT molecular complexity index is 602. The number of benzene rings is 1. The quantitative estimate of drug-likeness (QED) is 0.626. The molecule has 1 rings (SSSR count). The normalized spacial score (nSPS) is 13.0. The van der Waals surface area contributed by atoms with Gasteiger partial charge in [-0.2, -0.15) is 17.5 Å². The molecular formula is C10H9ClF5NO2S. The first-order chi connectivity index (χ1) is 9.00. The summed E-state index contributed by atoms with van der Waals surface area (Å²) in [5.74, 6) is -3.21. The molecule has 3 nitrogen and oxygen atoms in total. The van der Waals surface area contributed by atoms with Crippen LogP contribution in [0.15, 0.2) is 17.0 Å². The van der Waals surface area contributed by atoms with E-state index in [4.69, 9.17) is 11.6 Å². The van der Waals surface area contributed by atoms with Crippen molar-refractivity contribution in [2.45, 2.75) is 17.0 Å². The van der Waals surface area contributed by atoms with Gasteiger partial charge in [0.05, 0.1) is 5.88 Å². The van der Waals surface area contributed by atoms with Crippen LogP contribution in [0.4, 0.5) is 22.0 Å². The van der Waals surface area contributed by atoms with E-state index >= 15 is 0 Å². The van der Waals surface area contributed by atoms with Crippen molar-refractivity contribution in [2.24, 2.45) is 0 Å². The topological polar surface area (TPSA) is 37.4 Å². The highest BCUT2D eigenvalue weighted by molar-refractivity contribution is 7.89. The molecule has 0 saturated heterocycles. The zero-order valence-corrected chi connectivity index (χ0v) is 11.6. The molecule has 1 aromatic rings. The molecule has 0 saturated carbocycles. The second kappa shape index (κ2) is 5.82. The van der Waals surface area contributed by atoms with E-state index in [9.17, 15) is 30.4 Å². The molecule has 0 amide bonds. The first-order valence-electron chi connectivity index (χ1n) is 5.06. The molecule has 1 aromatic carbocycles. The summed E-state index contributed by atoms with van der Waals surface area (Å²) < 4.78 is 87.1. The highest BCUT2D eigenvalue weighted by Gasteiger charge is 2.36. The Balaban J connectivity index is 3.30. The van der Waals surface area contributed by atoms with Gasteiger partial charge in [-0.1, -0.05) is 0 Å². The van der Waals surface area contributed by atoms with Crippen molar-refractivity contribution in [1.29, 1.82) is 0 Å². The van der Waals surface area contributed by atoms with Crippen molar-refractivity contribution in [3.8, 4) is 0 Å². The van der Waals surface area contributed by atoms with Crippen molar-refractivity contribution in [2.75, 3.05) is 13.6 Å². The predicted octanol–water partition coefficient (Wildman–Crippen LogP) is 2.89. The lowest BCUT2D eigenvalue weighted by Crippen LogP contribution is -2.36. The van der Waals surface area contributed by atoms with Gasteiger partial charge in [-0.15, -0.1) is 11.6 Å². The molecule has 0 unspecified atom stereocenters. The van der Waals surface area contributed by atoms with E-state index < -0.39 is 50.7 Å². The lowest BCUT2D eigenvalue weighted by atomic mass is 10.2. The monoisotopic (exact) mass is 337 g/mol. The molecule has 0 heterocycles. The van der Waals surface area contributed by atoms with Gasteiger partial charge in [0.15, 0.2) is 5.82 Å². The van der Waals surface area contributed by atoms with Crippen molar-refractivity contribution < 1.29 is 30.4 Å². The number of halogens is 6. The van der Waals surface area contributed by atoms with Gasteiger partial charge in [0.1, 0.15) is 17.3 Å². The van der Waals surface area contributed by atoms with Gasteiger partial charge in [0, 0.05) is 12.6 Å². The van der Waals surface area contributed by atoms with E-state index in [1.807, 2.05) is 0 Å². The summed E-state index contributed by atoms with van der Waals surface area (Å²) in [5, 5.41) is 0. The van der Waals surface area contributed by atoms with E-state index in [-0.39, 0.29) is 4.31 Å². The fraction of sp³-hybridized carbons (Fsp3) is 0.400. The molecular weight excluding hydrogens is 329 g/mol. The molecule has 0 aliphatic rings. The molecule has 0 aliphatic carbocycles. The zero-order chi connectivity index (χ0) is 15.7. The predicted molar refractivity (Wildman–Crippen MR) is 61.8 cm³/mol. The van der Waals surface area contributed by atoms with Crippen LogP contribution in [-0.2, 0) is 15.9 Å². The molecule has 0 atom stereocenters. The third kappa shape index (κ3) is 3.58. The Labute approximate surface area is 117 Å². The summed E-state index contributed by atoms with van der Waals surface area (Å²) >= 11 is 5.28. The SMILES string of the molecule is CN(CC(F)(F)F)S(=O)(=O)c1ccc(F)c(CCl)c1F. The largest absolute Gasteiger partial charge is 0.402 e. The zero-order valence-electron chi connectivity index (χ0n) is 10.0. The first kappa shape index (κ1) is 17.1. The van der Waals surface area contributed by atoms with E-state index in [0.717, 1.165) is 0 Å². The Morgan fingerprint density at radius 1 is 1.25 bits per heavy atom. The van der Waals surface area contributed by atoms with Crippen molar-refractivity contribution in [3.05, 3.63) is 29.3 Å². The number of rotatable bonds is 4. The molecule has 10 heteroatoms. The van der Waals surface area contributed by atoms with Crippen LogP contribution in [0.1, 0.15) is 5.56 Å². The second-order valence-electron chi connectivity index (χ2n) is 3.85. The van der Waals surface area contributed by atoms with Crippen LogP contribution in [0, 0.1) is 11.6 Å². The van der Waals surface area contributed by atoms with Crippen molar-refractivity contribution in [1.82, 2.24) is 4.31 Å². The minimum absolute atomic E-state index is 0.0681. The van der Waals surface area contributed by atoms with Crippen LogP contribution in [0.3, 0.4) is 0 Å². The molecule has 0 fully saturated rings. The second-order valence-corrected chi connectivity index (χ2v) is 6.13. The van der Waals surface area contributed by atoms with E-state index in [1.54, 1.807) is 0 Å². The van der Waals surface area contributed by atoms with Gasteiger partial charge in [-0.05, 0) is 12.1 Å². The summed E-state index contributed by atoms with van der Waals surface area (Å²) in [6.07, 6.45) is -4.78. The van der Waals surface area contributed by atoms with E-state index in [2.05, 4.69) is 0 Å². The maximum Gasteiger partial charge on any atom is 0.402 e. The van der Waals surface area contributed by atoms with Crippen LogP contribution >= 0.6 is 11.6 Å². The summed E-state index contributed by atoms with van der Waals surface area (Å²) in [5.41, 5.74) is -0.715. The van der Waals surface area contributed by atoms with Gasteiger partial charge >= 0.3 is 6.18 Å². The summed E-state index contributed by atoms with van der Waals surface area (Å²) in [4.78, 5) is -1.05. The van der Waals surface area contributed by atoms with Gasteiger partial charge in [0.2, 0.25) is 10.0 Å². The van der Waals surface area contributed by atoms with Crippen LogP contribution in [0.2, 0.25) is 0 Å². The number of hydrogen-bond acceptors (Lipinski definition) is 2. The summed E-state index contributed by atoms with van der Waals surface area (Å²) in [6, 6.07) is 1.19. The first-order valence-corrected chi connectivity index (χ1v) is 7.04. The van der Waals surface area contributed by atoms with Gasteiger partial charge in [-0.25, -0.2) is 17.2 Å². The standard InChI is InChI=1S/C10H9ClF5NO2S/c1-17(5-10(14,15)16)20(18,19)8-3-2-7(12)6(4-11)9(8)13/h2-3H,4-5H2,1H3. The number of sulfonamides is 1. The molecule has 0 aliphatic heterocycles. The van der Waals surface area contributed by atoms with Crippen LogP contribution in [0.25, 0.3) is 0 Å². The maximum absolute atomic E-state index is 13.8. The summed E-state index contributed by atoms with van der Waals surface area (Å²) in [7, 11) is -4.09. The van der Waals surface area contributed by atoms with Crippen molar-refractivity contribution in [3.63, 3.8) is 0 Å². The number of hydrogen-bond donors (Lipinski definition) is 0. The van der Waals surface area contributed by atoms with E-state index in [0.29, 0.717) is 19.2 Å². The summed E-state index contributed by atoms with van der Waals surface area (Å²) in [6.45, 7) is -1.79. The molecule has 114 valence electrons. The van der Waals surface area contributed by atoms with Gasteiger partial charge in [-0.3, -0.25) is 0 Å². The van der Waals surface area contributed by atoms with Gasteiger partial charge in [0.25, 0.3) is 0 Å². The maximum atomic E-state index is 13.8. The molecule has 0 bridgehead atoms. The smallest absolute Gasteiger partial charge is 0.207 e. The Hall–Kier alpha value is -0.930. The highest BCUT2D eigenvalue weighted by atomic mass is 35.5. The molecule has 20 heavy (non-hydrogen) atoms. The highest BCUT2D eigenvalue weighted by Crippen LogP contribution is 2.26. The lowest BCUT2D eigenvalue weighted by molar-refractivity contribution is -0.134. The van der Waals surface area contributed by atoms with Crippen LogP contribution in [0.5, 0.6) is 0 Å². The third-order valence-electron chi connectivity index (χ3n) is 2.37.